The molecule has 0 unspecified atom stereocenters. The molecule has 1 aromatic rings. The minimum absolute atomic E-state index is 0.131. The van der Waals surface area contributed by atoms with Crippen LogP contribution in [0.2, 0.25) is 0 Å². The second-order valence-electron chi connectivity index (χ2n) is 2.18. The minimum Gasteiger partial charge on any atom is -0.339 e. The van der Waals surface area contributed by atoms with Gasteiger partial charge in [0, 0.05) is 0 Å². The number of benzene rings is 1. The highest BCUT2D eigenvalue weighted by Crippen LogP contribution is 2.11. The van der Waals surface area contributed by atoms with Gasteiger partial charge in [0.2, 0.25) is 6.41 Å². The van der Waals surface area contributed by atoms with Crippen molar-refractivity contribution >= 4 is 12.1 Å². The first kappa shape index (κ1) is 8.52. The van der Waals surface area contributed by atoms with Crippen molar-refractivity contribution in [1.29, 1.82) is 0 Å². The van der Waals surface area contributed by atoms with Crippen LogP contribution in [-0.2, 0) is 4.79 Å². The van der Waals surface area contributed by atoms with E-state index in [1.165, 1.54) is 0 Å². The molecule has 1 amide bonds. The Bertz CT molecular complexity index is 240. The van der Waals surface area contributed by atoms with Crippen LogP contribution in [0.4, 0.5) is 10.2 Å². The first-order chi connectivity index (χ1) is 5.84. The quantitative estimate of drug-likeness (QED) is 0.414. The van der Waals surface area contributed by atoms with Crippen molar-refractivity contribution in [3.63, 3.8) is 0 Å². The summed E-state index contributed by atoms with van der Waals surface area (Å²) in [7, 11) is 0. The van der Waals surface area contributed by atoms with Crippen LogP contribution in [0.1, 0.15) is 0 Å². The Hall–Kier alpha value is -1.58. The summed E-state index contributed by atoms with van der Waals surface area (Å²) in [5.74, 6) is 0. The van der Waals surface area contributed by atoms with Gasteiger partial charge in [-0.2, -0.15) is 5.12 Å². The summed E-state index contributed by atoms with van der Waals surface area (Å²) in [6.45, 7) is -0.131. The average Bonchev–Trinajstić information content (AvgIpc) is 2.15. The molecule has 3 nitrogen and oxygen atoms in total. The van der Waals surface area contributed by atoms with E-state index in [4.69, 9.17) is 0 Å². The third kappa shape index (κ3) is 2.23. The summed E-state index contributed by atoms with van der Waals surface area (Å²) in [5.41, 5.74) is 0.423. The van der Waals surface area contributed by atoms with E-state index >= 15 is 0 Å². The van der Waals surface area contributed by atoms with Crippen LogP contribution in [-0.4, -0.2) is 13.1 Å². The maximum Gasteiger partial charge on any atom is 0.208 e. The SMILES string of the molecule is O=CNCN(F)c1ccccc1. The van der Waals surface area contributed by atoms with Gasteiger partial charge in [-0.3, -0.25) is 4.79 Å². The molecule has 0 saturated heterocycles. The Balaban J connectivity index is 2.53. The Morgan fingerprint density at radius 3 is 2.67 bits per heavy atom. The molecule has 0 saturated carbocycles. The molecule has 1 N–H and O–H groups in total. The Morgan fingerprint density at radius 1 is 1.42 bits per heavy atom. The largest absolute Gasteiger partial charge is 0.339 e. The number of hydrogen-bond donors (Lipinski definition) is 1. The Morgan fingerprint density at radius 2 is 2.08 bits per heavy atom. The number of hydrogen-bond acceptors (Lipinski definition) is 2. The van der Waals surface area contributed by atoms with Crippen molar-refractivity contribution in [2.75, 3.05) is 11.8 Å². The van der Waals surface area contributed by atoms with Gasteiger partial charge in [0.05, 0.1) is 5.69 Å². The lowest BCUT2D eigenvalue weighted by molar-refractivity contribution is -0.109. The Labute approximate surface area is 69.7 Å². The van der Waals surface area contributed by atoms with Crippen LogP contribution >= 0.6 is 0 Å². The van der Waals surface area contributed by atoms with Crippen molar-refractivity contribution < 1.29 is 9.28 Å². The number of para-hydroxylation sites is 1. The van der Waals surface area contributed by atoms with Crippen LogP contribution in [0.5, 0.6) is 0 Å². The van der Waals surface area contributed by atoms with Crippen LogP contribution in [0, 0.1) is 0 Å². The molecular weight excluding hydrogens is 159 g/mol. The van der Waals surface area contributed by atoms with E-state index in [0.29, 0.717) is 17.2 Å². The van der Waals surface area contributed by atoms with Crippen LogP contribution in [0.25, 0.3) is 0 Å². The fourth-order valence-electron chi connectivity index (χ4n) is 0.798. The number of nitrogens with one attached hydrogen (secondary N) is 1. The van der Waals surface area contributed by atoms with Gasteiger partial charge in [-0.25, -0.2) is 0 Å². The van der Waals surface area contributed by atoms with Crippen molar-refractivity contribution in [3.8, 4) is 0 Å². The maximum atomic E-state index is 12.9. The first-order valence-electron chi connectivity index (χ1n) is 3.50. The molecule has 0 aliphatic carbocycles. The summed E-state index contributed by atoms with van der Waals surface area (Å²) >= 11 is 0. The number of nitrogens with zero attached hydrogens (tertiary/aromatic N) is 1. The zero-order valence-corrected chi connectivity index (χ0v) is 6.40. The molecule has 12 heavy (non-hydrogen) atoms. The predicted octanol–water partition coefficient (Wildman–Crippen LogP) is 1.08. The van der Waals surface area contributed by atoms with Gasteiger partial charge in [0.15, 0.2) is 0 Å². The second kappa shape index (κ2) is 4.33. The molecule has 4 heteroatoms. The van der Waals surface area contributed by atoms with Gasteiger partial charge in [0.25, 0.3) is 0 Å². The molecular formula is C8H9FN2O. The topological polar surface area (TPSA) is 32.3 Å². The zero-order valence-electron chi connectivity index (χ0n) is 6.40. The van der Waals surface area contributed by atoms with Crippen molar-refractivity contribution in [3.05, 3.63) is 30.3 Å². The molecule has 0 atom stereocenters. The summed E-state index contributed by atoms with van der Waals surface area (Å²) in [4.78, 5) is 9.84. The number of carbonyl (C=O) groups is 1. The van der Waals surface area contributed by atoms with E-state index in [0.717, 1.165) is 0 Å². The minimum atomic E-state index is -0.131. The monoisotopic (exact) mass is 168 g/mol. The number of rotatable bonds is 4. The van der Waals surface area contributed by atoms with E-state index in [2.05, 4.69) is 5.32 Å². The number of amides is 1. The molecule has 64 valence electrons. The third-order valence-corrected chi connectivity index (χ3v) is 1.35. The standard InChI is InChI=1S/C8H9FN2O/c9-11(6-10-7-12)8-4-2-1-3-5-8/h1-5,7H,6H2,(H,10,12). The molecule has 0 aliphatic rings. The molecule has 0 radical (unpaired) electrons. The highest BCUT2D eigenvalue weighted by atomic mass is 19.2. The predicted molar refractivity (Wildman–Crippen MR) is 44.1 cm³/mol. The lowest BCUT2D eigenvalue weighted by Gasteiger charge is -2.11. The second-order valence-corrected chi connectivity index (χ2v) is 2.18. The molecule has 0 bridgehead atoms. The maximum absolute atomic E-state index is 12.9. The van der Waals surface area contributed by atoms with Crippen molar-refractivity contribution in [1.82, 2.24) is 5.32 Å². The highest BCUT2D eigenvalue weighted by molar-refractivity contribution is 5.48. The van der Waals surface area contributed by atoms with Gasteiger partial charge < -0.3 is 5.32 Å². The molecule has 0 spiro atoms. The number of anilines is 1. The summed E-state index contributed by atoms with van der Waals surface area (Å²) in [5, 5.41) is 2.67. The van der Waals surface area contributed by atoms with E-state index < -0.39 is 0 Å². The van der Waals surface area contributed by atoms with Crippen molar-refractivity contribution in [2.45, 2.75) is 0 Å². The first-order valence-corrected chi connectivity index (χ1v) is 3.50. The van der Waals surface area contributed by atoms with Crippen LogP contribution < -0.4 is 10.4 Å². The molecule has 0 aromatic heterocycles. The molecule has 1 aromatic carbocycles. The van der Waals surface area contributed by atoms with Gasteiger partial charge in [0.1, 0.15) is 6.67 Å². The van der Waals surface area contributed by atoms with E-state index in [9.17, 15) is 9.28 Å². The molecule has 0 aliphatic heterocycles. The van der Waals surface area contributed by atoms with Gasteiger partial charge >= 0.3 is 0 Å². The summed E-state index contributed by atoms with van der Waals surface area (Å²) in [6, 6.07) is 8.48. The third-order valence-electron chi connectivity index (χ3n) is 1.35. The van der Waals surface area contributed by atoms with E-state index in [-0.39, 0.29) is 6.67 Å². The molecule has 0 heterocycles. The zero-order chi connectivity index (χ0) is 8.81. The smallest absolute Gasteiger partial charge is 0.208 e. The fourth-order valence-corrected chi connectivity index (χ4v) is 0.798. The lowest BCUT2D eigenvalue weighted by atomic mass is 10.3. The Kier molecular flexibility index (Phi) is 3.07. The summed E-state index contributed by atoms with van der Waals surface area (Å²) in [6.07, 6.45) is 0.454. The van der Waals surface area contributed by atoms with Crippen molar-refractivity contribution in [2.24, 2.45) is 0 Å². The number of carbonyl (C=O) groups excluding carboxylic acids is 1. The lowest BCUT2D eigenvalue weighted by Crippen LogP contribution is -2.26. The summed E-state index contributed by atoms with van der Waals surface area (Å²) < 4.78 is 12.9. The highest BCUT2D eigenvalue weighted by Gasteiger charge is 2.00. The fraction of sp³-hybridized carbons (Fsp3) is 0.125. The van der Waals surface area contributed by atoms with Gasteiger partial charge in [-0.15, -0.1) is 0 Å². The molecule has 0 fully saturated rings. The van der Waals surface area contributed by atoms with E-state index in [1.807, 2.05) is 0 Å². The van der Waals surface area contributed by atoms with E-state index in [1.54, 1.807) is 30.3 Å². The normalized spacial score (nSPS) is 9.08. The average molecular weight is 168 g/mol. The van der Waals surface area contributed by atoms with Gasteiger partial charge in [-0.05, 0) is 12.1 Å². The van der Waals surface area contributed by atoms with Crippen LogP contribution in [0.15, 0.2) is 30.3 Å². The molecule has 1 rings (SSSR count). The van der Waals surface area contributed by atoms with Gasteiger partial charge in [-0.1, -0.05) is 22.7 Å². The number of halogens is 1. The van der Waals surface area contributed by atoms with Crippen LogP contribution in [0.3, 0.4) is 0 Å².